The molecule has 0 spiro atoms. The van der Waals surface area contributed by atoms with E-state index in [9.17, 15) is 23.7 Å². The summed E-state index contributed by atoms with van der Waals surface area (Å²) in [5, 5.41) is 10.9. The van der Waals surface area contributed by atoms with Gasteiger partial charge in [0.05, 0.1) is 12.2 Å². The summed E-state index contributed by atoms with van der Waals surface area (Å²) < 4.78 is 27.0. The highest BCUT2D eigenvalue weighted by Gasteiger charge is 2.44. The van der Waals surface area contributed by atoms with Crippen molar-refractivity contribution < 1.29 is 18.5 Å². The molecule has 9 heteroatoms. The van der Waals surface area contributed by atoms with Crippen molar-refractivity contribution in [3.05, 3.63) is 39.4 Å². The van der Waals surface area contributed by atoms with Crippen molar-refractivity contribution in [2.24, 2.45) is 0 Å². The zero-order valence-corrected chi connectivity index (χ0v) is 10.8. The first-order valence-electron chi connectivity index (χ1n) is 6.40. The number of hydrogen-bond donors (Lipinski definition) is 2. The van der Waals surface area contributed by atoms with Crippen molar-refractivity contribution in [2.45, 2.75) is 18.5 Å². The smallest absolute Gasteiger partial charge is 0.252 e. The third-order valence-corrected chi connectivity index (χ3v) is 3.77. The molecule has 2 heterocycles. The number of amides is 1. The summed E-state index contributed by atoms with van der Waals surface area (Å²) in [5.41, 5.74) is 5.53. The number of nitrogens with one attached hydrogen (secondary N) is 2. The van der Waals surface area contributed by atoms with Gasteiger partial charge in [0.1, 0.15) is 11.6 Å². The molecule has 112 valence electrons. The van der Waals surface area contributed by atoms with Crippen LogP contribution in [0.4, 0.5) is 14.5 Å². The van der Waals surface area contributed by atoms with Crippen molar-refractivity contribution in [3.8, 4) is 0 Å². The Morgan fingerprint density at radius 2 is 2.19 bits per heavy atom. The lowest BCUT2D eigenvalue weighted by molar-refractivity contribution is -0.517. The van der Waals surface area contributed by atoms with E-state index in [0.29, 0.717) is 0 Å². The molecule has 0 radical (unpaired) electrons. The molecule has 2 N–H and O–H groups in total. The zero-order chi connectivity index (χ0) is 15.1. The molecule has 2 atom stereocenters. The maximum Gasteiger partial charge on any atom is 0.252 e. The van der Waals surface area contributed by atoms with Crippen LogP contribution >= 0.6 is 0 Å². The summed E-state index contributed by atoms with van der Waals surface area (Å²) in [4.78, 5) is 24.0. The lowest BCUT2D eigenvalue weighted by Crippen LogP contribution is -2.51. The summed E-state index contributed by atoms with van der Waals surface area (Å²) in [7, 11) is 0. The number of nitro groups is 1. The Kier molecular flexibility index (Phi) is 3.30. The number of carbonyl (C=O) groups excluding carboxylic acids is 1. The molecule has 2 aliphatic heterocycles. The van der Waals surface area contributed by atoms with Gasteiger partial charge in [-0.2, -0.15) is 0 Å². The number of carbonyl (C=O) groups is 1. The van der Waals surface area contributed by atoms with Crippen molar-refractivity contribution in [2.75, 3.05) is 18.0 Å². The van der Waals surface area contributed by atoms with Crippen LogP contribution in [0.15, 0.2) is 12.1 Å². The molecule has 0 bridgehead atoms. The summed E-state index contributed by atoms with van der Waals surface area (Å²) in [6.07, 6.45) is 0.260. The molecule has 1 saturated heterocycles. The quantitative estimate of drug-likeness (QED) is 0.591. The van der Waals surface area contributed by atoms with Crippen LogP contribution in [0.1, 0.15) is 5.56 Å². The van der Waals surface area contributed by atoms with Crippen LogP contribution in [-0.2, 0) is 11.2 Å². The minimum absolute atomic E-state index is 0.0155. The van der Waals surface area contributed by atoms with Crippen LogP contribution < -0.4 is 15.8 Å². The number of hydrazine groups is 1. The molecule has 0 aliphatic carbocycles. The van der Waals surface area contributed by atoms with Gasteiger partial charge in [-0.15, -0.1) is 0 Å². The molecule has 2 unspecified atom stereocenters. The van der Waals surface area contributed by atoms with E-state index in [2.05, 4.69) is 10.9 Å². The molecule has 0 saturated carbocycles. The van der Waals surface area contributed by atoms with E-state index in [1.165, 1.54) is 4.90 Å². The van der Waals surface area contributed by atoms with Crippen LogP contribution in [0.5, 0.6) is 0 Å². The monoisotopic (exact) mass is 298 g/mol. The molecule has 21 heavy (non-hydrogen) atoms. The molecule has 7 nitrogen and oxygen atoms in total. The van der Waals surface area contributed by atoms with Crippen molar-refractivity contribution >= 4 is 11.6 Å². The predicted molar refractivity (Wildman–Crippen MR) is 68.1 cm³/mol. The second kappa shape index (κ2) is 5.01. The second-order valence-electron chi connectivity index (χ2n) is 4.98. The predicted octanol–water partition coefficient (Wildman–Crippen LogP) is -0.0244. The highest BCUT2D eigenvalue weighted by molar-refractivity contribution is 5.99. The average Bonchev–Trinajstić information content (AvgIpc) is 3.03. The standard InChI is InChI=1S/C12H12F2N4O3/c13-6-3-8(14)7-1-2-17(9(7)4-6)12(19)11-10(18(20)21)5-15-16-11/h3-4,10-11,15-16H,1-2,5H2. The normalized spacial score (nSPS) is 24.2. The zero-order valence-electron chi connectivity index (χ0n) is 10.8. The first-order chi connectivity index (χ1) is 9.99. The Morgan fingerprint density at radius 3 is 2.90 bits per heavy atom. The largest absolute Gasteiger partial charge is 0.310 e. The summed E-state index contributed by atoms with van der Waals surface area (Å²) in [6.45, 7) is 0.193. The van der Waals surface area contributed by atoms with Crippen LogP contribution in [0.25, 0.3) is 0 Å². The minimum Gasteiger partial charge on any atom is -0.310 e. The number of benzene rings is 1. The van der Waals surface area contributed by atoms with Gasteiger partial charge in [0.25, 0.3) is 11.9 Å². The third-order valence-electron chi connectivity index (χ3n) is 3.77. The van der Waals surface area contributed by atoms with Gasteiger partial charge in [0.15, 0.2) is 6.04 Å². The van der Waals surface area contributed by atoms with E-state index < -0.39 is 34.5 Å². The van der Waals surface area contributed by atoms with Gasteiger partial charge in [-0.25, -0.2) is 19.6 Å². The number of nitrogens with zero attached hydrogens (tertiary/aromatic N) is 2. The van der Waals surface area contributed by atoms with E-state index in [0.717, 1.165) is 12.1 Å². The van der Waals surface area contributed by atoms with E-state index in [4.69, 9.17) is 0 Å². The number of rotatable bonds is 2. The van der Waals surface area contributed by atoms with Gasteiger partial charge in [-0.3, -0.25) is 14.9 Å². The lowest BCUT2D eigenvalue weighted by atomic mass is 10.1. The van der Waals surface area contributed by atoms with E-state index in [-0.39, 0.29) is 30.8 Å². The summed E-state index contributed by atoms with van der Waals surface area (Å²) in [5.74, 6) is -2.05. The first-order valence-corrected chi connectivity index (χ1v) is 6.40. The molecule has 2 aliphatic rings. The lowest BCUT2D eigenvalue weighted by Gasteiger charge is -2.21. The van der Waals surface area contributed by atoms with Crippen LogP contribution in [0, 0.1) is 21.7 Å². The van der Waals surface area contributed by atoms with Crippen LogP contribution in [0.3, 0.4) is 0 Å². The Morgan fingerprint density at radius 1 is 1.43 bits per heavy atom. The highest BCUT2D eigenvalue weighted by Crippen LogP contribution is 2.32. The Balaban J connectivity index is 1.90. The van der Waals surface area contributed by atoms with Gasteiger partial charge >= 0.3 is 0 Å². The Hall–Kier alpha value is -2.13. The maximum atomic E-state index is 13.7. The number of fused-ring (bicyclic) bond motifs is 1. The molecule has 1 aromatic rings. The minimum atomic E-state index is -1.11. The fourth-order valence-electron chi connectivity index (χ4n) is 2.73. The summed E-state index contributed by atoms with van der Waals surface area (Å²) in [6, 6.07) is -0.327. The topological polar surface area (TPSA) is 87.5 Å². The molecule has 1 amide bonds. The molecule has 3 rings (SSSR count). The van der Waals surface area contributed by atoms with E-state index in [1.807, 2.05) is 0 Å². The van der Waals surface area contributed by atoms with Gasteiger partial charge in [0.2, 0.25) is 0 Å². The molecule has 1 aromatic carbocycles. The van der Waals surface area contributed by atoms with Crippen molar-refractivity contribution in [1.82, 2.24) is 10.9 Å². The summed E-state index contributed by atoms with van der Waals surface area (Å²) >= 11 is 0. The SMILES string of the molecule is O=C(C1NNCC1[N+](=O)[O-])N1CCc2c(F)cc(F)cc21. The first kappa shape index (κ1) is 13.8. The van der Waals surface area contributed by atoms with E-state index in [1.54, 1.807) is 0 Å². The van der Waals surface area contributed by atoms with Gasteiger partial charge < -0.3 is 4.90 Å². The number of hydrogen-bond acceptors (Lipinski definition) is 5. The fraction of sp³-hybridized carbons (Fsp3) is 0.417. The van der Waals surface area contributed by atoms with Gasteiger partial charge in [0, 0.05) is 23.1 Å². The van der Waals surface area contributed by atoms with Gasteiger partial charge in [-0.05, 0) is 12.5 Å². The van der Waals surface area contributed by atoms with Crippen LogP contribution in [-0.4, -0.2) is 36.0 Å². The van der Waals surface area contributed by atoms with Crippen molar-refractivity contribution in [3.63, 3.8) is 0 Å². The highest BCUT2D eigenvalue weighted by atomic mass is 19.1. The second-order valence-corrected chi connectivity index (χ2v) is 4.98. The average molecular weight is 298 g/mol. The number of anilines is 1. The van der Waals surface area contributed by atoms with E-state index >= 15 is 0 Å². The fourth-order valence-corrected chi connectivity index (χ4v) is 2.73. The molecular weight excluding hydrogens is 286 g/mol. The maximum absolute atomic E-state index is 13.7. The molecule has 1 fully saturated rings. The Bertz CT molecular complexity index is 625. The van der Waals surface area contributed by atoms with Crippen LogP contribution in [0.2, 0.25) is 0 Å². The Labute approximate surface area is 118 Å². The van der Waals surface area contributed by atoms with Crippen molar-refractivity contribution in [1.29, 1.82) is 0 Å². The number of halogens is 2. The third kappa shape index (κ3) is 2.24. The molecule has 0 aromatic heterocycles. The molecular formula is C12H12F2N4O3. The van der Waals surface area contributed by atoms with Gasteiger partial charge in [-0.1, -0.05) is 0 Å².